The first kappa shape index (κ1) is 9.00. The van der Waals surface area contributed by atoms with Crippen molar-refractivity contribution in [2.24, 2.45) is 5.92 Å². The highest BCUT2D eigenvalue weighted by Crippen LogP contribution is 2.41. The Kier molecular flexibility index (Phi) is 2.28. The Hall–Kier alpha value is -0.570. The molecule has 72 valence electrons. The molecule has 3 nitrogen and oxygen atoms in total. The van der Waals surface area contributed by atoms with E-state index in [0.29, 0.717) is 11.7 Å². The standard InChI is InChI=1S/C9H13ClN2O/c1-5(7-3-4-7)9-11-8(6(2)10)12-13-9/h5-7H,3-4H2,1-2H3. The van der Waals surface area contributed by atoms with E-state index in [4.69, 9.17) is 16.1 Å². The predicted octanol–water partition coefficient (Wildman–Crippen LogP) is 2.88. The molecule has 1 saturated carbocycles. The molecular weight excluding hydrogens is 188 g/mol. The Morgan fingerprint density at radius 2 is 2.15 bits per heavy atom. The molecule has 0 bridgehead atoms. The van der Waals surface area contributed by atoms with Crippen LogP contribution in [0, 0.1) is 5.92 Å². The van der Waals surface area contributed by atoms with E-state index in [0.717, 1.165) is 11.8 Å². The van der Waals surface area contributed by atoms with Crippen molar-refractivity contribution in [1.29, 1.82) is 0 Å². The Bertz CT molecular complexity index is 294. The zero-order chi connectivity index (χ0) is 9.42. The van der Waals surface area contributed by atoms with Gasteiger partial charge in [-0.25, -0.2) is 0 Å². The summed E-state index contributed by atoms with van der Waals surface area (Å²) in [7, 11) is 0. The lowest BCUT2D eigenvalue weighted by atomic mass is 10.1. The number of alkyl halides is 1. The van der Waals surface area contributed by atoms with Crippen LogP contribution in [0.2, 0.25) is 0 Å². The summed E-state index contributed by atoms with van der Waals surface area (Å²) in [6.07, 6.45) is 2.57. The molecule has 0 aromatic carbocycles. The quantitative estimate of drug-likeness (QED) is 0.705. The van der Waals surface area contributed by atoms with Crippen LogP contribution >= 0.6 is 11.6 Å². The molecule has 0 radical (unpaired) electrons. The van der Waals surface area contributed by atoms with Gasteiger partial charge in [-0.05, 0) is 25.7 Å². The third-order valence-electron chi connectivity index (χ3n) is 2.53. The van der Waals surface area contributed by atoms with Gasteiger partial charge in [0.05, 0.1) is 5.38 Å². The van der Waals surface area contributed by atoms with Crippen LogP contribution < -0.4 is 0 Å². The molecule has 2 atom stereocenters. The third kappa shape index (κ3) is 1.85. The third-order valence-corrected chi connectivity index (χ3v) is 2.73. The first-order chi connectivity index (χ1) is 6.18. The number of hydrogen-bond acceptors (Lipinski definition) is 3. The van der Waals surface area contributed by atoms with Gasteiger partial charge < -0.3 is 4.52 Å². The van der Waals surface area contributed by atoms with Crippen molar-refractivity contribution < 1.29 is 4.52 Å². The normalized spacial score (nSPS) is 21.5. The van der Waals surface area contributed by atoms with Crippen molar-refractivity contribution in [2.75, 3.05) is 0 Å². The number of halogens is 1. The fourth-order valence-electron chi connectivity index (χ4n) is 1.39. The SMILES string of the molecule is CC(Cl)c1noc(C(C)C2CC2)n1. The van der Waals surface area contributed by atoms with E-state index in [-0.39, 0.29) is 5.38 Å². The van der Waals surface area contributed by atoms with Crippen LogP contribution in [0.3, 0.4) is 0 Å². The van der Waals surface area contributed by atoms with Crippen LogP contribution in [0.15, 0.2) is 4.52 Å². The Balaban J connectivity index is 2.11. The number of rotatable bonds is 3. The molecule has 1 aromatic heterocycles. The van der Waals surface area contributed by atoms with Crippen molar-refractivity contribution in [3.63, 3.8) is 0 Å². The summed E-state index contributed by atoms with van der Waals surface area (Å²) in [5.74, 6) is 2.49. The highest BCUT2D eigenvalue weighted by molar-refractivity contribution is 6.20. The number of nitrogens with zero attached hydrogens (tertiary/aromatic N) is 2. The zero-order valence-electron chi connectivity index (χ0n) is 7.83. The van der Waals surface area contributed by atoms with Gasteiger partial charge in [0.1, 0.15) is 0 Å². The molecule has 1 fully saturated rings. The van der Waals surface area contributed by atoms with Crippen molar-refractivity contribution in [3.05, 3.63) is 11.7 Å². The predicted molar refractivity (Wildman–Crippen MR) is 49.7 cm³/mol. The molecule has 0 spiro atoms. The maximum Gasteiger partial charge on any atom is 0.229 e. The van der Waals surface area contributed by atoms with Gasteiger partial charge in [0.25, 0.3) is 0 Å². The van der Waals surface area contributed by atoms with Gasteiger partial charge >= 0.3 is 0 Å². The van der Waals surface area contributed by atoms with Crippen LogP contribution in [0.5, 0.6) is 0 Å². The topological polar surface area (TPSA) is 38.9 Å². The van der Waals surface area contributed by atoms with Crippen molar-refractivity contribution >= 4 is 11.6 Å². The van der Waals surface area contributed by atoms with E-state index in [1.54, 1.807) is 0 Å². The average Bonchev–Trinajstić information content (AvgIpc) is 2.81. The maximum absolute atomic E-state index is 5.83. The summed E-state index contributed by atoms with van der Waals surface area (Å²) in [6, 6.07) is 0. The summed E-state index contributed by atoms with van der Waals surface area (Å²) in [6.45, 7) is 3.98. The second-order valence-electron chi connectivity index (χ2n) is 3.73. The minimum Gasteiger partial charge on any atom is -0.339 e. The molecule has 1 aromatic rings. The molecule has 0 N–H and O–H groups in total. The van der Waals surface area contributed by atoms with Gasteiger partial charge in [0, 0.05) is 5.92 Å². The lowest BCUT2D eigenvalue weighted by Gasteiger charge is -2.01. The summed E-state index contributed by atoms with van der Waals surface area (Å²) in [5, 5.41) is 3.67. The summed E-state index contributed by atoms with van der Waals surface area (Å²) >= 11 is 5.83. The molecule has 0 aliphatic heterocycles. The van der Waals surface area contributed by atoms with Gasteiger partial charge in [0.2, 0.25) is 5.89 Å². The van der Waals surface area contributed by atoms with Crippen LogP contribution in [0.25, 0.3) is 0 Å². The van der Waals surface area contributed by atoms with Crippen LogP contribution in [-0.4, -0.2) is 10.1 Å². The molecule has 0 saturated heterocycles. The first-order valence-electron chi connectivity index (χ1n) is 4.66. The number of hydrogen-bond donors (Lipinski definition) is 0. The van der Waals surface area contributed by atoms with Gasteiger partial charge in [-0.3, -0.25) is 0 Å². The van der Waals surface area contributed by atoms with E-state index in [1.807, 2.05) is 6.92 Å². The fraction of sp³-hybridized carbons (Fsp3) is 0.778. The highest BCUT2D eigenvalue weighted by Gasteiger charge is 2.32. The van der Waals surface area contributed by atoms with Gasteiger partial charge in [-0.1, -0.05) is 12.1 Å². The lowest BCUT2D eigenvalue weighted by molar-refractivity contribution is 0.345. The van der Waals surface area contributed by atoms with Crippen LogP contribution in [0.4, 0.5) is 0 Å². The summed E-state index contributed by atoms with van der Waals surface area (Å²) in [5.41, 5.74) is 0. The molecule has 1 aliphatic rings. The van der Waals surface area contributed by atoms with Crippen molar-refractivity contribution in [3.8, 4) is 0 Å². The van der Waals surface area contributed by atoms with Crippen LogP contribution in [0.1, 0.15) is 49.7 Å². The van der Waals surface area contributed by atoms with E-state index >= 15 is 0 Å². The molecule has 2 rings (SSSR count). The lowest BCUT2D eigenvalue weighted by Crippen LogP contribution is -1.96. The first-order valence-corrected chi connectivity index (χ1v) is 5.09. The van der Waals surface area contributed by atoms with Gasteiger partial charge in [-0.15, -0.1) is 11.6 Å². The molecule has 4 heteroatoms. The van der Waals surface area contributed by atoms with E-state index < -0.39 is 0 Å². The Morgan fingerprint density at radius 3 is 2.62 bits per heavy atom. The smallest absolute Gasteiger partial charge is 0.229 e. The second-order valence-corrected chi connectivity index (χ2v) is 4.39. The monoisotopic (exact) mass is 200 g/mol. The number of aromatic nitrogens is 2. The largest absolute Gasteiger partial charge is 0.339 e. The van der Waals surface area contributed by atoms with E-state index in [1.165, 1.54) is 12.8 Å². The Labute approximate surface area is 82.5 Å². The van der Waals surface area contributed by atoms with E-state index in [9.17, 15) is 0 Å². The van der Waals surface area contributed by atoms with Crippen molar-refractivity contribution in [1.82, 2.24) is 10.1 Å². The minimum atomic E-state index is -0.163. The molecule has 1 heterocycles. The van der Waals surface area contributed by atoms with Crippen LogP contribution in [-0.2, 0) is 0 Å². The van der Waals surface area contributed by atoms with Crippen molar-refractivity contribution in [2.45, 2.75) is 38.0 Å². The molecule has 13 heavy (non-hydrogen) atoms. The Morgan fingerprint density at radius 1 is 1.46 bits per heavy atom. The molecule has 0 amide bonds. The van der Waals surface area contributed by atoms with Gasteiger partial charge in [0.15, 0.2) is 5.82 Å². The van der Waals surface area contributed by atoms with E-state index in [2.05, 4.69) is 17.1 Å². The van der Waals surface area contributed by atoms with Gasteiger partial charge in [-0.2, -0.15) is 4.98 Å². The second kappa shape index (κ2) is 3.29. The molecule has 2 unspecified atom stereocenters. The summed E-state index contributed by atoms with van der Waals surface area (Å²) in [4.78, 5) is 4.26. The maximum atomic E-state index is 5.83. The average molecular weight is 201 g/mol. The molecular formula is C9H13ClN2O. The minimum absolute atomic E-state index is 0.163. The molecule has 1 aliphatic carbocycles. The fourth-order valence-corrected chi connectivity index (χ4v) is 1.48. The zero-order valence-corrected chi connectivity index (χ0v) is 8.58. The highest BCUT2D eigenvalue weighted by atomic mass is 35.5. The summed E-state index contributed by atoms with van der Waals surface area (Å²) < 4.78 is 5.14.